The number of pyridine rings is 1. The molecule has 11 heteroatoms. The second-order valence-electron chi connectivity index (χ2n) is 8.50. The molecule has 0 bridgehead atoms. The van der Waals surface area contributed by atoms with Crippen LogP contribution in [-0.2, 0) is 14.9 Å². The summed E-state index contributed by atoms with van der Waals surface area (Å²) in [6.45, 7) is 7.77. The van der Waals surface area contributed by atoms with Gasteiger partial charge in [0.05, 0.1) is 24.1 Å². The molecule has 31 heavy (non-hydrogen) atoms. The van der Waals surface area contributed by atoms with Crippen molar-refractivity contribution in [2.75, 3.05) is 62.6 Å². The Bertz CT molecular complexity index is 856. The van der Waals surface area contributed by atoms with Crippen LogP contribution in [0, 0.1) is 0 Å². The van der Waals surface area contributed by atoms with Crippen molar-refractivity contribution in [3.63, 3.8) is 0 Å². The van der Waals surface area contributed by atoms with E-state index in [0.29, 0.717) is 31.9 Å². The Hall–Kier alpha value is -1.95. The number of amides is 2. The molecule has 2 amide bonds. The number of aromatic nitrogens is 1. The summed E-state index contributed by atoms with van der Waals surface area (Å²) >= 11 is 0. The molecule has 1 N–H and O–H groups in total. The van der Waals surface area contributed by atoms with Crippen molar-refractivity contribution in [3.05, 3.63) is 18.3 Å². The highest BCUT2D eigenvalue weighted by atomic mass is 32.2. The molecule has 3 aliphatic rings. The lowest BCUT2D eigenvalue weighted by molar-refractivity contribution is -0.0456. The predicted octanol–water partition coefficient (Wildman–Crippen LogP) is 1.19. The van der Waals surface area contributed by atoms with Crippen LogP contribution in [0.5, 0.6) is 0 Å². The molecule has 172 valence electrons. The van der Waals surface area contributed by atoms with E-state index in [1.54, 1.807) is 11.1 Å². The van der Waals surface area contributed by atoms with E-state index in [1.807, 2.05) is 26.0 Å². The molecule has 3 aliphatic heterocycles. The summed E-state index contributed by atoms with van der Waals surface area (Å²) in [6, 6.07) is 3.55. The van der Waals surface area contributed by atoms with Gasteiger partial charge in [0.1, 0.15) is 5.82 Å². The Morgan fingerprint density at radius 3 is 2.23 bits per heavy atom. The van der Waals surface area contributed by atoms with E-state index in [1.165, 1.54) is 21.5 Å². The van der Waals surface area contributed by atoms with Gasteiger partial charge >= 0.3 is 6.03 Å². The van der Waals surface area contributed by atoms with Crippen molar-refractivity contribution < 1.29 is 17.9 Å². The minimum absolute atomic E-state index is 0.129. The van der Waals surface area contributed by atoms with E-state index in [0.717, 1.165) is 18.9 Å². The number of piperazine rings is 1. The fraction of sp³-hybridized carbons (Fsp3) is 0.700. The fourth-order valence-corrected chi connectivity index (χ4v) is 6.15. The van der Waals surface area contributed by atoms with Crippen LogP contribution >= 0.6 is 0 Å². The number of nitrogens with zero attached hydrogens (tertiary/aromatic N) is 5. The number of hydrogen-bond acceptors (Lipinski definition) is 6. The van der Waals surface area contributed by atoms with Crippen molar-refractivity contribution in [2.45, 2.75) is 38.9 Å². The number of hydrogen-bond donors (Lipinski definition) is 1. The standard InChI is InChI=1S/C20H32N6O4S/c1-16-14-26(15-17(2)30-16)31(28,29)25-11-9-24(10-12-25)20(27)22-18-5-6-19(21-13-18)23-7-3-4-8-23/h5-6,13,16-17H,3-4,7-12,14-15H2,1-2H3,(H,22,27). The van der Waals surface area contributed by atoms with Crippen molar-refractivity contribution in [2.24, 2.45) is 0 Å². The Morgan fingerprint density at radius 2 is 1.65 bits per heavy atom. The van der Waals surface area contributed by atoms with Gasteiger partial charge in [-0.15, -0.1) is 0 Å². The first kappa shape index (κ1) is 22.3. The smallest absolute Gasteiger partial charge is 0.321 e. The maximum Gasteiger partial charge on any atom is 0.321 e. The average molecular weight is 453 g/mol. The summed E-state index contributed by atoms with van der Waals surface area (Å²) in [7, 11) is -3.56. The van der Waals surface area contributed by atoms with Gasteiger partial charge < -0.3 is 19.9 Å². The molecule has 0 aromatic carbocycles. The van der Waals surface area contributed by atoms with Crippen LogP contribution in [0.2, 0.25) is 0 Å². The normalized spacial score (nSPS) is 26.3. The lowest BCUT2D eigenvalue weighted by Crippen LogP contribution is -2.58. The highest BCUT2D eigenvalue weighted by molar-refractivity contribution is 7.86. The number of urea groups is 1. The Balaban J connectivity index is 1.29. The molecule has 2 atom stereocenters. The SMILES string of the molecule is CC1CN(S(=O)(=O)N2CCN(C(=O)Nc3ccc(N4CCCC4)nc3)CC2)CC(C)O1. The first-order chi connectivity index (χ1) is 14.8. The Labute approximate surface area is 184 Å². The fourth-order valence-electron chi connectivity index (χ4n) is 4.40. The van der Waals surface area contributed by atoms with Crippen molar-refractivity contribution >= 4 is 27.7 Å². The summed E-state index contributed by atoms with van der Waals surface area (Å²) in [4.78, 5) is 21.0. The van der Waals surface area contributed by atoms with Gasteiger partial charge in [0.2, 0.25) is 0 Å². The van der Waals surface area contributed by atoms with E-state index in [9.17, 15) is 13.2 Å². The average Bonchev–Trinajstić information content (AvgIpc) is 3.28. The third-order valence-corrected chi connectivity index (χ3v) is 7.96. The van der Waals surface area contributed by atoms with E-state index >= 15 is 0 Å². The minimum Gasteiger partial charge on any atom is -0.373 e. The molecule has 0 radical (unpaired) electrons. The Morgan fingerprint density at radius 1 is 1.00 bits per heavy atom. The van der Waals surface area contributed by atoms with Gasteiger partial charge in [0.25, 0.3) is 10.2 Å². The molecule has 1 aromatic rings. The number of carbonyl (C=O) groups excluding carboxylic acids is 1. The summed E-state index contributed by atoms with van der Waals surface area (Å²) < 4.78 is 34.6. The topological polar surface area (TPSA) is 98.3 Å². The molecule has 0 saturated carbocycles. The van der Waals surface area contributed by atoms with Crippen molar-refractivity contribution in [3.8, 4) is 0 Å². The highest BCUT2D eigenvalue weighted by Crippen LogP contribution is 2.21. The predicted molar refractivity (Wildman–Crippen MR) is 118 cm³/mol. The van der Waals surface area contributed by atoms with E-state index in [4.69, 9.17) is 4.74 Å². The summed E-state index contributed by atoms with van der Waals surface area (Å²) in [5.74, 6) is 0.932. The van der Waals surface area contributed by atoms with E-state index in [-0.39, 0.29) is 31.3 Å². The van der Waals surface area contributed by atoms with Crippen LogP contribution in [0.4, 0.5) is 16.3 Å². The zero-order chi connectivity index (χ0) is 22.0. The Kier molecular flexibility index (Phi) is 6.65. The first-order valence-electron chi connectivity index (χ1n) is 11.0. The molecule has 0 aliphatic carbocycles. The molecule has 4 heterocycles. The maximum atomic E-state index is 13.0. The third-order valence-electron chi connectivity index (χ3n) is 5.99. The quantitative estimate of drug-likeness (QED) is 0.737. The van der Waals surface area contributed by atoms with Crippen LogP contribution in [0.15, 0.2) is 18.3 Å². The van der Waals surface area contributed by atoms with Gasteiger partial charge in [-0.1, -0.05) is 0 Å². The monoisotopic (exact) mass is 452 g/mol. The van der Waals surface area contributed by atoms with Crippen LogP contribution < -0.4 is 10.2 Å². The van der Waals surface area contributed by atoms with Gasteiger partial charge in [-0.25, -0.2) is 9.78 Å². The summed E-state index contributed by atoms with van der Waals surface area (Å²) in [6.07, 6.45) is 3.79. The van der Waals surface area contributed by atoms with E-state index < -0.39 is 10.2 Å². The highest BCUT2D eigenvalue weighted by Gasteiger charge is 2.37. The van der Waals surface area contributed by atoms with Crippen molar-refractivity contribution in [1.29, 1.82) is 0 Å². The second kappa shape index (κ2) is 9.27. The zero-order valence-corrected chi connectivity index (χ0v) is 19.1. The molecular formula is C20H32N6O4S. The number of anilines is 2. The molecule has 10 nitrogen and oxygen atoms in total. The maximum absolute atomic E-state index is 13.0. The van der Waals surface area contributed by atoms with Gasteiger partial charge in [-0.2, -0.15) is 17.0 Å². The van der Waals surface area contributed by atoms with Gasteiger partial charge in [-0.3, -0.25) is 0 Å². The molecule has 1 aromatic heterocycles. The van der Waals surface area contributed by atoms with Crippen LogP contribution in [0.25, 0.3) is 0 Å². The number of nitrogens with one attached hydrogen (secondary N) is 1. The lowest BCUT2D eigenvalue weighted by Gasteiger charge is -2.40. The summed E-state index contributed by atoms with van der Waals surface area (Å²) in [5, 5.41) is 2.87. The molecule has 4 rings (SSSR count). The largest absolute Gasteiger partial charge is 0.373 e. The third kappa shape index (κ3) is 5.11. The first-order valence-corrected chi connectivity index (χ1v) is 12.4. The van der Waals surface area contributed by atoms with Gasteiger partial charge in [0, 0.05) is 52.4 Å². The van der Waals surface area contributed by atoms with Gasteiger partial charge in [-0.05, 0) is 38.8 Å². The number of ether oxygens (including phenoxy) is 1. The van der Waals surface area contributed by atoms with Crippen LogP contribution in [0.1, 0.15) is 26.7 Å². The lowest BCUT2D eigenvalue weighted by atomic mass is 10.3. The number of morpholine rings is 1. The molecule has 3 fully saturated rings. The van der Waals surface area contributed by atoms with Crippen LogP contribution in [-0.4, -0.2) is 97.5 Å². The number of carbonyl (C=O) groups is 1. The summed E-state index contributed by atoms with van der Waals surface area (Å²) in [5.41, 5.74) is 0.638. The number of rotatable bonds is 4. The zero-order valence-electron chi connectivity index (χ0n) is 18.2. The van der Waals surface area contributed by atoms with Crippen LogP contribution in [0.3, 0.4) is 0 Å². The van der Waals surface area contributed by atoms with Crippen molar-refractivity contribution in [1.82, 2.24) is 18.5 Å². The molecular weight excluding hydrogens is 420 g/mol. The molecule has 2 unspecified atom stereocenters. The van der Waals surface area contributed by atoms with E-state index in [2.05, 4.69) is 15.2 Å². The minimum atomic E-state index is -3.56. The molecule has 3 saturated heterocycles. The van der Waals surface area contributed by atoms with Gasteiger partial charge in [0.15, 0.2) is 0 Å². The molecule has 0 spiro atoms. The second-order valence-corrected chi connectivity index (χ2v) is 10.4.